The van der Waals surface area contributed by atoms with E-state index in [9.17, 15) is 0 Å². The standard InChI is InChI=1S/C33H60N6O/c1-12-15-17-38(25-21-30(4,5)36-31(6,7)22-25)27-20-28(40-19-14-3)35-29(34-27)39(18-16-13-2)26-23-32(8,9)37-33(10,11)24-26/h14,20,25-26,36-37H,3,12-13,15-19,21-24H2,1-2,4-11H3. The highest BCUT2D eigenvalue weighted by Crippen LogP contribution is 2.37. The lowest BCUT2D eigenvalue weighted by Crippen LogP contribution is -2.62. The highest BCUT2D eigenvalue weighted by atomic mass is 16.5. The number of nitrogens with zero attached hydrogens (tertiary/aromatic N) is 4. The van der Waals surface area contributed by atoms with Crippen LogP contribution in [0.25, 0.3) is 0 Å². The maximum absolute atomic E-state index is 6.14. The van der Waals surface area contributed by atoms with Gasteiger partial charge in [-0.05, 0) is 93.9 Å². The molecule has 2 aliphatic heterocycles. The fourth-order valence-electron chi connectivity index (χ4n) is 7.46. The molecule has 0 saturated carbocycles. The summed E-state index contributed by atoms with van der Waals surface area (Å²) in [7, 11) is 0. The van der Waals surface area contributed by atoms with Gasteiger partial charge in [-0.15, -0.1) is 0 Å². The van der Waals surface area contributed by atoms with Crippen molar-refractivity contribution in [2.45, 2.75) is 155 Å². The molecule has 1 aromatic rings. The summed E-state index contributed by atoms with van der Waals surface area (Å²) >= 11 is 0. The summed E-state index contributed by atoms with van der Waals surface area (Å²) in [5.74, 6) is 2.44. The van der Waals surface area contributed by atoms with Crippen LogP contribution in [0.4, 0.5) is 11.8 Å². The van der Waals surface area contributed by atoms with Crippen molar-refractivity contribution in [2.75, 3.05) is 29.5 Å². The summed E-state index contributed by atoms with van der Waals surface area (Å²) in [5, 5.41) is 7.72. The van der Waals surface area contributed by atoms with Crippen molar-refractivity contribution in [3.63, 3.8) is 0 Å². The second-order valence-corrected chi connectivity index (χ2v) is 15.0. The number of hydrogen-bond donors (Lipinski definition) is 2. The van der Waals surface area contributed by atoms with Crippen LogP contribution >= 0.6 is 0 Å². The number of anilines is 2. The Morgan fingerprint density at radius 2 is 1.25 bits per heavy atom. The second kappa shape index (κ2) is 13.0. The zero-order valence-corrected chi connectivity index (χ0v) is 27.5. The molecule has 3 rings (SSSR count). The largest absolute Gasteiger partial charge is 0.473 e. The molecule has 3 heterocycles. The molecule has 1 aromatic heterocycles. The van der Waals surface area contributed by atoms with Crippen molar-refractivity contribution in [3.05, 3.63) is 18.7 Å². The van der Waals surface area contributed by atoms with Crippen molar-refractivity contribution in [3.8, 4) is 5.88 Å². The van der Waals surface area contributed by atoms with E-state index in [4.69, 9.17) is 14.7 Å². The van der Waals surface area contributed by atoms with Crippen LogP contribution in [0.2, 0.25) is 0 Å². The highest BCUT2D eigenvalue weighted by Gasteiger charge is 2.42. The quantitative estimate of drug-likeness (QED) is 0.257. The number of rotatable bonds is 13. The first-order chi connectivity index (χ1) is 18.6. The van der Waals surface area contributed by atoms with E-state index in [-0.39, 0.29) is 22.2 Å². The minimum atomic E-state index is 0.0378. The van der Waals surface area contributed by atoms with Gasteiger partial charge in [-0.2, -0.15) is 9.97 Å². The maximum atomic E-state index is 6.14. The minimum Gasteiger partial charge on any atom is -0.473 e. The normalized spacial score (nSPS) is 22.1. The van der Waals surface area contributed by atoms with E-state index in [0.717, 1.165) is 76.2 Å². The zero-order chi connectivity index (χ0) is 29.8. The molecule has 2 aliphatic rings. The fourth-order valence-corrected chi connectivity index (χ4v) is 7.46. The Labute approximate surface area is 245 Å². The first-order valence-electron chi connectivity index (χ1n) is 15.8. The third kappa shape index (κ3) is 9.07. The van der Waals surface area contributed by atoms with Gasteiger partial charge in [-0.25, -0.2) is 0 Å². The van der Waals surface area contributed by atoms with E-state index < -0.39 is 0 Å². The smallest absolute Gasteiger partial charge is 0.230 e. The van der Waals surface area contributed by atoms with E-state index in [0.29, 0.717) is 24.6 Å². The van der Waals surface area contributed by atoms with Crippen LogP contribution in [0.1, 0.15) is 121 Å². The van der Waals surface area contributed by atoms with Gasteiger partial charge in [0.25, 0.3) is 0 Å². The SMILES string of the molecule is C=CCOc1cc(N(CCCC)C2CC(C)(C)NC(C)(C)C2)nc(N(CCCC)C2CC(C)(C)NC(C)(C)C2)n1. The van der Waals surface area contributed by atoms with Crippen molar-refractivity contribution < 1.29 is 4.74 Å². The lowest BCUT2D eigenvalue weighted by Gasteiger charge is -2.50. The van der Waals surface area contributed by atoms with Crippen molar-refractivity contribution in [1.82, 2.24) is 20.6 Å². The van der Waals surface area contributed by atoms with Gasteiger partial charge >= 0.3 is 0 Å². The predicted molar refractivity (Wildman–Crippen MR) is 171 cm³/mol. The molecule has 0 atom stereocenters. The minimum absolute atomic E-state index is 0.0378. The number of ether oxygens (including phenoxy) is 1. The molecule has 0 spiro atoms. The number of unbranched alkanes of at least 4 members (excludes halogenated alkanes) is 2. The van der Waals surface area contributed by atoms with Crippen molar-refractivity contribution >= 4 is 11.8 Å². The molecule has 7 heteroatoms. The molecule has 40 heavy (non-hydrogen) atoms. The van der Waals surface area contributed by atoms with E-state index in [1.807, 2.05) is 0 Å². The first-order valence-corrected chi connectivity index (χ1v) is 15.8. The molecule has 228 valence electrons. The highest BCUT2D eigenvalue weighted by molar-refractivity contribution is 5.50. The topological polar surface area (TPSA) is 65.6 Å². The summed E-state index contributed by atoms with van der Waals surface area (Å²) in [5.41, 5.74) is 0.175. The van der Waals surface area contributed by atoms with Gasteiger partial charge in [0.05, 0.1) is 0 Å². The molecule has 0 amide bonds. The Morgan fingerprint density at radius 1 is 0.800 bits per heavy atom. The van der Waals surface area contributed by atoms with Gasteiger partial charge < -0.3 is 25.2 Å². The van der Waals surface area contributed by atoms with Crippen LogP contribution in [-0.2, 0) is 0 Å². The molecular weight excluding hydrogens is 496 g/mol. The summed E-state index contributed by atoms with van der Waals surface area (Å²) in [6.07, 6.45) is 10.5. The molecule has 0 unspecified atom stereocenters. The summed E-state index contributed by atoms with van der Waals surface area (Å²) in [4.78, 5) is 15.5. The Balaban J connectivity index is 2.10. The van der Waals surface area contributed by atoms with Gasteiger partial charge in [-0.1, -0.05) is 39.3 Å². The predicted octanol–water partition coefficient (Wildman–Crippen LogP) is 6.87. The number of piperidine rings is 2. The van der Waals surface area contributed by atoms with Crippen LogP contribution in [0.15, 0.2) is 18.7 Å². The number of aromatic nitrogens is 2. The van der Waals surface area contributed by atoms with Gasteiger partial charge in [0, 0.05) is 53.4 Å². The Morgan fingerprint density at radius 3 is 1.70 bits per heavy atom. The Kier molecular flexibility index (Phi) is 10.6. The first kappa shape index (κ1) is 32.7. The molecule has 7 nitrogen and oxygen atoms in total. The van der Waals surface area contributed by atoms with Gasteiger partial charge in [0.2, 0.25) is 11.8 Å². The van der Waals surface area contributed by atoms with Gasteiger partial charge in [0.1, 0.15) is 12.4 Å². The summed E-state index contributed by atoms with van der Waals surface area (Å²) in [6, 6.07) is 2.80. The molecule has 2 saturated heterocycles. The second-order valence-electron chi connectivity index (χ2n) is 15.0. The van der Waals surface area contributed by atoms with E-state index >= 15 is 0 Å². The Hall–Kier alpha value is -1.86. The van der Waals surface area contributed by atoms with Crippen LogP contribution in [0.5, 0.6) is 5.88 Å². The third-order valence-electron chi connectivity index (χ3n) is 8.30. The monoisotopic (exact) mass is 556 g/mol. The van der Waals surface area contributed by atoms with E-state index in [2.05, 4.69) is 102 Å². The van der Waals surface area contributed by atoms with Gasteiger partial charge in [0.15, 0.2) is 0 Å². The maximum Gasteiger partial charge on any atom is 0.230 e. The van der Waals surface area contributed by atoms with E-state index in [1.54, 1.807) is 6.08 Å². The van der Waals surface area contributed by atoms with Crippen LogP contribution < -0.4 is 25.2 Å². The lowest BCUT2D eigenvalue weighted by molar-refractivity contribution is 0.157. The molecule has 0 radical (unpaired) electrons. The van der Waals surface area contributed by atoms with Crippen LogP contribution in [0, 0.1) is 0 Å². The lowest BCUT2D eigenvalue weighted by atomic mass is 9.79. The fraction of sp³-hybridized carbons (Fsp3) is 0.818. The summed E-state index contributed by atoms with van der Waals surface area (Å²) in [6.45, 7) is 29.4. The molecule has 2 fully saturated rings. The number of hydrogen-bond acceptors (Lipinski definition) is 7. The van der Waals surface area contributed by atoms with Crippen molar-refractivity contribution in [2.24, 2.45) is 0 Å². The van der Waals surface area contributed by atoms with Crippen molar-refractivity contribution in [1.29, 1.82) is 0 Å². The molecule has 0 aliphatic carbocycles. The average molecular weight is 557 g/mol. The zero-order valence-electron chi connectivity index (χ0n) is 27.5. The number of nitrogens with one attached hydrogen (secondary N) is 2. The summed E-state index contributed by atoms with van der Waals surface area (Å²) < 4.78 is 6.14. The third-order valence-corrected chi connectivity index (χ3v) is 8.30. The van der Waals surface area contributed by atoms with Crippen LogP contribution in [0.3, 0.4) is 0 Å². The average Bonchev–Trinajstić information content (AvgIpc) is 2.79. The van der Waals surface area contributed by atoms with Gasteiger partial charge in [-0.3, -0.25) is 0 Å². The molecule has 0 bridgehead atoms. The van der Waals surface area contributed by atoms with Crippen LogP contribution in [-0.4, -0.2) is 63.9 Å². The molecule has 0 aromatic carbocycles. The van der Waals surface area contributed by atoms with E-state index in [1.165, 1.54) is 0 Å². The Bertz CT molecular complexity index is 871. The molecular formula is C33H60N6O. The molecule has 2 N–H and O–H groups in total.